The zero-order valence-corrected chi connectivity index (χ0v) is 10.9. The van der Waals surface area contributed by atoms with Gasteiger partial charge in [-0.25, -0.2) is 0 Å². The average Bonchev–Trinajstić information content (AvgIpc) is 2.88. The van der Waals surface area contributed by atoms with Crippen molar-refractivity contribution in [1.29, 1.82) is 0 Å². The van der Waals surface area contributed by atoms with Gasteiger partial charge in [-0.15, -0.1) is 0 Å². The maximum absolute atomic E-state index is 12.3. The third-order valence-corrected chi connectivity index (χ3v) is 4.11. The molecule has 1 aromatic rings. The number of carbonyl (C=O) groups excluding carboxylic acids is 1. The summed E-state index contributed by atoms with van der Waals surface area (Å²) < 4.78 is 0. The molecular weight excluding hydrogens is 226 g/mol. The highest BCUT2D eigenvalue weighted by molar-refractivity contribution is 5.82. The van der Waals surface area contributed by atoms with Crippen LogP contribution in [0.3, 0.4) is 0 Å². The predicted octanol–water partition coefficient (Wildman–Crippen LogP) is 2.98. The molecular formula is C15H21NO2. The molecule has 2 N–H and O–H groups in total. The number of hydrogen-bond acceptors (Lipinski definition) is 2. The third-order valence-electron chi connectivity index (χ3n) is 4.11. The summed E-state index contributed by atoms with van der Waals surface area (Å²) in [5, 5.41) is 12.2. The second kappa shape index (κ2) is 5.42. The van der Waals surface area contributed by atoms with E-state index in [9.17, 15) is 9.90 Å². The van der Waals surface area contributed by atoms with Crippen molar-refractivity contribution in [3.05, 3.63) is 29.8 Å². The Labute approximate surface area is 108 Å². The Kier molecular flexibility index (Phi) is 3.90. The number of rotatable bonds is 4. The first-order valence-electron chi connectivity index (χ1n) is 6.72. The van der Waals surface area contributed by atoms with Gasteiger partial charge in [-0.3, -0.25) is 4.79 Å². The van der Waals surface area contributed by atoms with E-state index in [0.717, 1.165) is 24.8 Å². The molecule has 1 aliphatic rings. The van der Waals surface area contributed by atoms with Gasteiger partial charge in [-0.1, -0.05) is 31.9 Å². The van der Waals surface area contributed by atoms with Crippen molar-refractivity contribution < 1.29 is 9.90 Å². The molecule has 3 heteroatoms. The molecule has 1 fully saturated rings. The first kappa shape index (κ1) is 12.9. The number of carbonyl (C=O) groups is 1. The molecule has 0 bridgehead atoms. The van der Waals surface area contributed by atoms with Gasteiger partial charge in [0.2, 0.25) is 5.91 Å². The second-order valence-electron chi connectivity index (χ2n) is 5.19. The van der Waals surface area contributed by atoms with Crippen LogP contribution in [0.5, 0.6) is 5.75 Å². The van der Waals surface area contributed by atoms with Crippen LogP contribution >= 0.6 is 0 Å². The SMILES string of the molecule is CCC1(C(=O)NCc2ccc(O)cc2)CCCC1. The summed E-state index contributed by atoms with van der Waals surface area (Å²) in [6.45, 7) is 2.65. The summed E-state index contributed by atoms with van der Waals surface area (Å²) in [4.78, 5) is 12.3. The van der Waals surface area contributed by atoms with Crippen LogP contribution in [0.1, 0.15) is 44.6 Å². The van der Waals surface area contributed by atoms with E-state index >= 15 is 0 Å². The maximum atomic E-state index is 12.3. The minimum atomic E-state index is -0.128. The fraction of sp³-hybridized carbons (Fsp3) is 0.533. The van der Waals surface area contributed by atoms with Crippen LogP contribution in [0.15, 0.2) is 24.3 Å². The lowest BCUT2D eigenvalue weighted by Crippen LogP contribution is -2.38. The molecule has 0 spiro atoms. The van der Waals surface area contributed by atoms with E-state index in [1.54, 1.807) is 12.1 Å². The normalized spacial score (nSPS) is 17.6. The minimum absolute atomic E-state index is 0.128. The summed E-state index contributed by atoms with van der Waals surface area (Å²) in [6, 6.07) is 6.96. The van der Waals surface area contributed by atoms with E-state index in [0.29, 0.717) is 6.54 Å². The molecule has 1 aromatic carbocycles. The molecule has 2 rings (SSSR count). The van der Waals surface area contributed by atoms with Gasteiger partial charge in [0.1, 0.15) is 5.75 Å². The molecule has 1 amide bonds. The van der Waals surface area contributed by atoms with Crippen molar-refractivity contribution in [1.82, 2.24) is 5.32 Å². The summed E-state index contributed by atoms with van der Waals surface area (Å²) in [7, 11) is 0. The highest BCUT2D eigenvalue weighted by Gasteiger charge is 2.38. The number of aromatic hydroxyl groups is 1. The van der Waals surface area contributed by atoms with Gasteiger partial charge in [0.05, 0.1) is 0 Å². The molecule has 98 valence electrons. The fourth-order valence-corrected chi connectivity index (χ4v) is 2.78. The standard InChI is InChI=1S/C15H21NO2/c1-2-15(9-3-4-10-15)14(18)16-11-12-5-7-13(17)8-6-12/h5-8,17H,2-4,9-11H2,1H3,(H,16,18). The molecule has 0 heterocycles. The van der Waals surface area contributed by atoms with Gasteiger partial charge in [-0.2, -0.15) is 0 Å². The Balaban J connectivity index is 1.93. The summed E-state index contributed by atoms with van der Waals surface area (Å²) in [6.07, 6.45) is 5.30. The van der Waals surface area contributed by atoms with Gasteiger partial charge >= 0.3 is 0 Å². The molecule has 0 atom stereocenters. The zero-order chi connectivity index (χ0) is 13.0. The van der Waals surface area contributed by atoms with Crippen molar-refractivity contribution in [2.24, 2.45) is 5.41 Å². The smallest absolute Gasteiger partial charge is 0.226 e. The highest BCUT2D eigenvalue weighted by Crippen LogP contribution is 2.41. The van der Waals surface area contributed by atoms with Crippen LogP contribution < -0.4 is 5.32 Å². The van der Waals surface area contributed by atoms with Crippen LogP contribution in [0.25, 0.3) is 0 Å². The number of benzene rings is 1. The molecule has 0 aliphatic heterocycles. The van der Waals surface area contributed by atoms with Gasteiger partial charge in [0.25, 0.3) is 0 Å². The maximum Gasteiger partial charge on any atom is 0.226 e. The summed E-state index contributed by atoms with van der Waals surface area (Å²) >= 11 is 0. The van der Waals surface area contributed by atoms with Gasteiger partial charge in [0.15, 0.2) is 0 Å². The van der Waals surface area contributed by atoms with Gasteiger partial charge in [0, 0.05) is 12.0 Å². The summed E-state index contributed by atoms with van der Waals surface area (Å²) in [5.41, 5.74) is 0.891. The first-order chi connectivity index (χ1) is 8.66. The number of phenolic OH excluding ortho intramolecular Hbond substituents is 1. The predicted molar refractivity (Wildman–Crippen MR) is 71.1 cm³/mol. The van der Waals surface area contributed by atoms with Crippen LogP contribution in [0, 0.1) is 5.41 Å². The van der Waals surface area contributed by atoms with Crippen molar-refractivity contribution in [2.75, 3.05) is 0 Å². The highest BCUT2D eigenvalue weighted by atomic mass is 16.3. The Morgan fingerprint density at radius 2 is 1.89 bits per heavy atom. The van der Waals surface area contributed by atoms with E-state index in [2.05, 4.69) is 12.2 Å². The largest absolute Gasteiger partial charge is 0.508 e. The average molecular weight is 247 g/mol. The van der Waals surface area contributed by atoms with Crippen molar-refractivity contribution in [3.63, 3.8) is 0 Å². The second-order valence-corrected chi connectivity index (χ2v) is 5.19. The molecule has 0 unspecified atom stereocenters. The van der Waals surface area contributed by atoms with E-state index in [4.69, 9.17) is 0 Å². The molecule has 1 saturated carbocycles. The van der Waals surface area contributed by atoms with Crippen LogP contribution in [-0.4, -0.2) is 11.0 Å². The molecule has 0 radical (unpaired) electrons. The van der Waals surface area contributed by atoms with Crippen molar-refractivity contribution in [2.45, 2.75) is 45.6 Å². The number of hydrogen-bond donors (Lipinski definition) is 2. The first-order valence-corrected chi connectivity index (χ1v) is 6.72. The van der Waals surface area contributed by atoms with Crippen LogP contribution in [0.2, 0.25) is 0 Å². The molecule has 1 aliphatic carbocycles. The topological polar surface area (TPSA) is 49.3 Å². The zero-order valence-electron chi connectivity index (χ0n) is 10.9. The number of amides is 1. The third kappa shape index (κ3) is 2.66. The Morgan fingerprint density at radius 1 is 1.28 bits per heavy atom. The van der Waals surface area contributed by atoms with E-state index in [1.807, 2.05) is 12.1 Å². The Bertz CT molecular complexity index is 405. The van der Waals surface area contributed by atoms with Gasteiger partial charge in [-0.05, 0) is 37.0 Å². The summed E-state index contributed by atoms with van der Waals surface area (Å²) in [5.74, 6) is 0.446. The van der Waals surface area contributed by atoms with Crippen LogP contribution in [0.4, 0.5) is 0 Å². The number of nitrogens with one attached hydrogen (secondary N) is 1. The number of phenols is 1. The van der Waals surface area contributed by atoms with E-state index in [1.165, 1.54) is 12.8 Å². The van der Waals surface area contributed by atoms with Crippen LogP contribution in [-0.2, 0) is 11.3 Å². The lowest BCUT2D eigenvalue weighted by Gasteiger charge is -2.26. The lowest BCUT2D eigenvalue weighted by atomic mass is 9.82. The van der Waals surface area contributed by atoms with Crippen molar-refractivity contribution in [3.8, 4) is 5.75 Å². The Hall–Kier alpha value is -1.51. The Morgan fingerprint density at radius 3 is 2.44 bits per heavy atom. The quantitative estimate of drug-likeness (QED) is 0.859. The molecule has 3 nitrogen and oxygen atoms in total. The van der Waals surface area contributed by atoms with E-state index in [-0.39, 0.29) is 17.1 Å². The van der Waals surface area contributed by atoms with Crippen molar-refractivity contribution >= 4 is 5.91 Å². The molecule has 18 heavy (non-hydrogen) atoms. The van der Waals surface area contributed by atoms with E-state index < -0.39 is 0 Å². The minimum Gasteiger partial charge on any atom is -0.508 e. The lowest BCUT2D eigenvalue weighted by molar-refractivity contribution is -0.131. The van der Waals surface area contributed by atoms with Gasteiger partial charge < -0.3 is 10.4 Å². The molecule has 0 saturated heterocycles. The molecule has 0 aromatic heterocycles. The fourth-order valence-electron chi connectivity index (χ4n) is 2.78. The monoisotopic (exact) mass is 247 g/mol.